The van der Waals surface area contributed by atoms with E-state index in [1.165, 1.54) is 25.0 Å². The molecule has 2 N–H and O–H groups in total. The van der Waals surface area contributed by atoms with Crippen LogP contribution in [0.1, 0.15) is 25.7 Å². The van der Waals surface area contributed by atoms with Gasteiger partial charge in [0.05, 0.1) is 10.0 Å². The summed E-state index contributed by atoms with van der Waals surface area (Å²) in [5, 5.41) is 6.66. The minimum absolute atomic E-state index is 0.0198. The maximum Gasteiger partial charge on any atom is 0.170 e. The predicted molar refractivity (Wildman–Crippen MR) is 78.0 cm³/mol. The van der Waals surface area contributed by atoms with Gasteiger partial charge in [-0.1, -0.05) is 36.0 Å². The first-order chi connectivity index (χ1) is 8.56. The fourth-order valence-electron chi connectivity index (χ4n) is 2.05. The molecule has 0 unspecified atom stereocenters. The van der Waals surface area contributed by atoms with Gasteiger partial charge in [-0.25, -0.2) is 4.39 Å². The number of halogens is 3. The Morgan fingerprint density at radius 1 is 1.22 bits per heavy atom. The van der Waals surface area contributed by atoms with Crippen molar-refractivity contribution in [1.82, 2.24) is 5.32 Å². The molecular weight excluding hydrogens is 294 g/mol. The van der Waals surface area contributed by atoms with Crippen LogP contribution in [0.15, 0.2) is 12.1 Å². The monoisotopic (exact) mass is 306 g/mol. The van der Waals surface area contributed by atoms with Gasteiger partial charge >= 0.3 is 0 Å². The van der Waals surface area contributed by atoms with E-state index in [1.807, 2.05) is 0 Å². The first-order valence-corrected chi connectivity index (χ1v) is 6.95. The second-order valence-electron chi connectivity index (χ2n) is 4.33. The zero-order chi connectivity index (χ0) is 13.1. The van der Waals surface area contributed by atoms with E-state index in [4.69, 9.17) is 35.4 Å². The van der Waals surface area contributed by atoms with Gasteiger partial charge in [0.1, 0.15) is 0 Å². The van der Waals surface area contributed by atoms with E-state index in [2.05, 4.69) is 10.6 Å². The second kappa shape index (κ2) is 6.04. The molecule has 0 heterocycles. The number of benzene rings is 1. The third-order valence-electron chi connectivity index (χ3n) is 2.93. The molecule has 2 nitrogen and oxygen atoms in total. The number of rotatable bonds is 2. The summed E-state index contributed by atoms with van der Waals surface area (Å²) in [6.45, 7) is 0. The third-order valence-corrected chi connectivity index (χ3v) is 3.70. The van der Waals surface area contributed by atoms with Crippen LogP contribution in [-0.2, 0) is 0 Å². The van der Waals surface area contributed by atoms with Gasteiger partial charge in [0.15, 0.2) is 10.9 Å². The number of hydrogen-bond donors (Lipinski definition) is 2. The van der Waals surface area contributed by atoms with E-state index in [9.17, 15) is 4.39 Å². The van der Waals surface area contributed by atoms with Gasteiger partial charge in [0, 0.05) is 11.7 Å². The van der Waals surface area contributed by atoms with E-state index < -0.39 is 5.82 Å². The Bertz CT molecular complexity index is 438. The Morgan fingerprint density at radius 2 is 1.78 bits per heavy atom. The van der Waals surface area contributed by atoms with Gasteiger partial charge < -0.3 is 10.6 Å². The molecule has 0 bridgehead atoms. The summed E-state index contributed by atoms with van der Waals surface area (Å²) in [6, 6.07) is 3.35. The van der Waals surface area contributed by atoms with Gasteiger partial charge in [0.25, 0.3) is 0 Å². The van der Waals surface area contributed by atoms with Crippen molar-refractivity contribution in [2.75, 3.05) is 5.32 Å². The quantitative estimate of drug-likeness (QED) is 0.627. The van der Waals surface area contributed by atoms with Gasteiger partial charge in [-0.05, 0) is 37.2 Å². The zero-order valence-corrected chi connectivity index (χ0v) is 11.9. The molecule has 1 aliphatic carbocycles. The molecule has 0 saturated heterocycles. The molecular formula is C12H13Cl2FN2S. The fourth-order valence-corrected chi connectivity index (χ4v) is 2.82. The number of nitrogens with one attached hydrogen (secondary N) is 2. The molecule has 98 valence electrons. The van der Waals surface area contributed by atoms with Crippen LogP contribution < -0.4 is 10.6 Å². The van der Waals surface area contributed by atoms with Crippen molar-refractivity contribution in [3.05, 3.63) is 28.0 Å². The van der Waals surface area contributed by atoms with Crippen molar-refractivity contribution in [1.29, 1.82) is 0 Å². The highest BCUT2D eigenvalue weighted by Crippen LogP contribution is 2.27. The molecule has 1 saturated carbocycles. The lowest BCUT2D eigenvalue weighted by molar-refractivity contribution is 0.628. The van der Waals surface area contributed by atoms with Crippen molar-refractivity contribution < 1.29 is 4.39 Å². The molecule has 1 aromatic carbocycles. The summed E-state index contributed by atoms with van der Waals surface area (Å²) in [4.78, 5) is 0. The molecule has 2 rings (SSSR count). The lowest BCUT2D eigenvalue weighted by Gasteiger charge is -2.16. The number of anilines is 1. The maximum absolute atomic E-state index is 13.2. The fraction of sp³-hybridized carbons (Fsp3) is 0.417. The predicted octanol–water partition coefficient (Wildman–Crippen LogP) is 4.36. The number of hydrogen-bond acceptors (Lipinski definition) is 1. The molecule has 0 radical (unpaired) electrons. The molecule has 1 aromatic rings. The highest BCUT2D eigenvalue weighted by molar-refractivity contribution is 7.80. The summed E-state index contributed by atoms with van der Waals surface area (Å²) >= 11 is 16.6. The van der Waals surface area contributed by atoms with Crippen LogP contribution in [0.25, 0.3) is 0 Å². The summed E-state index contributed by atoms with van der Waals surface area (Å²) in [5.74, 6) is -0.612. The summed E-state index contributed by atoms with van der Waals surface area (Å²) in [6.07, 6.45) is 4.72. The van der Waals surface area contributed by atoms with Gasteiger partial charge in [-0.3, -0.25) is 0 Å². The zero-order valence-electron chi connectivity index (χ0n) is 9.60. The van der Waals surface area contributed by atoms with E-state index in [1.54, 1.807) is 0 Å². The first-order valence-electron chi connectivity index (χ1n) is 5.78. The average molecular weight is 307 g/mol. The summed E-state index contributed by atoms with van der Waals surface area (Å²) < 4.78 is 13.2. The summed E-state index contributed by atoms with van der Waals surface area (Å²) in [7, 11) is 0. The topological polar surface area (TPSA) is 24.1 Å². The minimum Gasteiger partial charge on any atom is -0.360 e. The summed E-state index contributed by atoms with van der Waals surface area (Å²) in [5.41, 5.74) is 0.585. The van der Waals surface area contributed by atoms with Crippen molar-refractivity contribution in [3.8, 4) is 0 Å². The Hall–Kier alpha value is -0.580. The van der Waals surface area contributed by atoms with Gasteiger partial charge in [-0.2, -0.15) is 0 Å². The highest BCUT2D eigenvalue weighted by atomic mass is 35.5. The average Bonchev–Trinajstić information content (AvgIpc) is 2.78. The van der Waals surface area contributed by atoms with Gasteiger partial charge in [0.2, 0.25) is 0 Å². The number of thiocarbonyl (C=S) groups is 1. The van der Waals surface area contributed by atoms with Crippen LogP contribution in [0.4, 0.5) is 10.1 Å². The standard InChI is InChI=1S/C12H13Cl2FN2S/c13-9-5-8(6-10(14)11(9)15)17-12(18)16-7-3-1-2-4-7/h5-7H,1-4H2,(H2,16,17,18). The Balaban J connectivity index is 1.98. The van der Waals surface area contributed by atoms with Crippen LogP contribution in [0, 0.1) is 5.82 Å². The van der Waals surface area contributed by atoms with E-state index in [0.717, 1.165) is 12.8 Å². The van der Waals surface area contributed by atoms with Crippen molar-refractivity contribution in [2.45, 2.75) is 31.7 Å². The molecule has 6 heteroatoms. The van der Waals surface area contributed by atoms with Crippen molar-refractivity contribution in [2.24, 2.45) is 0 Å². The van der Waals surface area contributed by atoms with Crippen LogP contribution in [0.5, 0.6) is 0 Å². The third kappa shape index (κ3) is 3.46. The van der Waals surface area contributed by atoms with Gasteiger partial charge in [-0.15, -0.1) is 0 Å². The first kappa shape index (κ1) is 13.8. The lowest BCUT2D eigenvalue weighted by atomic mass is 10.2. The molecule has 1 aliphatic rings. The van der Waals surface area contributed by atoms with Crippen LogP contribution in [0.3, 0.4) is 0 Å². The molecule has 0 aliphatic heterocycles. The van der Waals surface area contributed by atoms with E-state index >= 15 is 0 Å². The highest BCUT2D eigenvalue weighted by Gasteiger charge is 2.16. The SMILES string of the molecule is Fc1c(Cl)cc(NC(=S)NC2CCCC2)cc1Cl. The molecule has 0 spiro atoms. The Morgan fingerprint density at radius 3 is 2.33 bits per heavy atom. The Kier molecular flexibility index (Phi) is 4.65. The maximum atomic E-state index is 13.2. The van der Waals surface area contributed by atoms with Crippen molar-refractivity contribution >= 4 is 46.2 Å². The van der Waals surface area contributed by atoms with Crippen LogP contribution in [0.2, 0.25) is 10.0 Å². The minimum atomic E-state index is -0.612. The normalized spacial score (nSPS) is 15.7. The van der Waals surface area contributed by atoms with E-state index in [-0.39, 0.29) is 10.0 Å². The van der Waals surface area contributed by atoms with Crippen LogP contribution in [-0.4, -0.2) is 11.2 Å². The smallest absolute Gasteiger partial charge is 0.170 e. The second-order valence-corrected chi connectivity index (χ2v) is 5.56. The molecule has 1 fully saturated rings. The molecule has 0 atom stereocenters. The van der Waals surface area contributed by atoms with Crippen LogP contribution >= 0.6 is 35.4 Å². The van der Waals surface area contributed by atoms with E-state index in [0.29, 0.717) is 16.8 Å². The van der Waals surface area contributed by atoms with Crippen molar-refractivity contribution in [3.63, 3.8) is 0 Å². The molecule has 18 heavy (non-hydrogen) atoms. The molecule has 0 amide bonds. The Labute approximate surface area is 121 Å². The molecule has 0 aromatic heterocycles. The largest absolute Gasteiger partial charge is 0.360 e. The lowest BCUT2D eigenvalue weighted by Crippen LogP contribution is -2.35.